The lowest BCUT2D eigenvalue weighted by atomic mass is 10.1. The summed E-state index contributed by atoms with van der Waals surface area (Å²) in [5, 5.41) is 10.3. The smallest absolute Gasteiger partial charge is 0.185 e. The van der Waals surface area contributed by atoms with Gasteiger partial charge < -0.3 is 9.84 Å². The molecule has 0 fully saturated rings. The monoisotopic (exact) mass is 366 g/mol. The molecule has 0 heterocycles. The molecule has 3 nitrogen and oxygen atoms in total. The van der Waals surface area contributed by atoms with Gasteiger partial charge in [-0.3, -0.25) is 4.79 Å². The third-order valence-electron chi connectivity index (χ3n) is 2.82. The molecule has 0 unspecified atom stereocenters. The first-order chi connectivity index (χ1) is 10.0. The maximum absolute atomic E-state index is 12.0. The van der Waals surface area contributed by atoms with Crippen LogP contribution in [0.3, 0.4) is 0 Å². The Bertz CT molecular complexity index is 711. The van der Waals surface area contributed by atoms with E-state index in [1.165, 1.54) is 19.3 Å². The van der Waals surface area contributed by atoms with Crippen molar-refractivity contribution in [3.63, 3.8) is 0 Å². The molecule has 5 heteroatoms. The second-order valence-corrected chi connectivity index (χ2v) is 5.54. The predicted molar refractivity (Wildman–Crippen MR) is 87.2 cm³/mol. The number of halogens is 2. The molecule has 0 spiro atoms. The zero-order valence-corrected chi connectivity index (χ0v) is 13.5. The molecule has 0 saturated heterocycles. The Labute approximate surface area is 135 Å². The van der Waals surface area contributed by atoms with Crippen molar-refractivity contribution >= 4 is 39.4 Å². The molecule has 0 bridgehead atoms. The van der Waals surface area contributed by atoms with Crippen molar-refractivity contribution in [1.29, 1.82) is 0 Å². The first-order valence-electron chi connectivity index (χ1n) is 6.05. The van der Waals surface area contributed by atoms with Crippen molar-refractivity contribution in [2.75, 3.05) is 7.11 Å². The largest absolute Gasteiger partial charge is 0.504 e. The first-order valence-corrected chi connectivity index (χ1v) is 7.23. The Morgan fingerprint density at radius 3 is 2.76 bits per heavy atom. The Morgan fingerprint density at radius 2 is 2.10 bits per heavy atom. The van der Waals surface area contributed by atoms with Gasteiger partial charge in [0.2, 0.25) is 0 Å². The molecular weight excluding hydrogens is 356 g/mol. The normalized spacial score (nSPS) is 10.8. The minimum Gasteiger partial charge on any atom is -0.504 e. The molecule has 2 rings (SSSR count). The van der Waals surface area contributed by atoms with E-state index in [-0.39, 0.29) is 11.5 Å². The zero-order valence-electron chi connectivity index (χ0n) is 11.1. The summed E-state index contributed by atoms with van der Waals surface area (Å²) in [4.78, 5) is 12.0. The summed E-state index contributed by atoms with van der Waals surface area (Å²) in [6, 6.07) is 9.88. The lowest BCUT2D eigenvalue weighted by molar-refractivity contribution is 0.104. The minimum atomic E-state index is -0.167. The molecule has 0 aliphatic rings. The number of benzene rings is 2. The SMILES string of the molecule is COc1cc(Br)c(/C=C/C(=O)c2cccc(Cl)c2)cc1O. The van der Waals surface area contributed by atoms with Crippen molar-refractivity contribution in [2.24, 2.45) is 0 Å². The Balaban J connectivity index is 2.25. The van der Waals surface area contributed by atoms with E-state index in [1.54, 1.807) is 36.4 Å². The van der Waals surface area contributed by atoms with E-state index < -0.39 is 0 Å². The average molecular weight is 368 g/mol. The number of hydrogen-bond donors (Lipinski definition) is 1. The maximum Gasteiger partial charge on any atom is 0.185 e. The van der Waals surface area contributed by atoms with Crippen LogP contribution in [0.15, 0.2) is 46.9 Å². The molecule has 21 heavy (non-hydrogen) atoms. The summed E-state index contributed by atoms with van der Waals surface area (Å²) in [6.45, 7) is 0. The number of ketones is 1. The average Bonchev–Trinajstić information content (AvgIpc) is 2.47. The van der Waals surface area contributed by atoms with Gasteiger partial charge in [-0.25, -0.2) is 0 Å². The Hall–Kier alpha value is -1.78. The highest BCUT2D eigenvalue weighted by atomic mass is 79.9. The van der Waals surface area contributed by atoms with Crippen LogP contribution in [0.5, 0.6) is 11.5 Å². The van der Waals surface area contributed by atoms with Crippen LogP contribution < -0.4 is 4.74 Å². The standard InChI is InChI=1S/C16H12BrClO3/c1-21-16-9-13(17)10(8-15(16)20)5-6-14(19)11-3-2-4-12(18)7-11/h2-9,20H,1H3/b6-5+. The van der Waals surface area contributed by atoms with E-state index in [0.717, 1.165) is 0 Å². The van der Waals surface area contributed by atoms with Gasteiger partial charge in [-0.1, -0.05) is 39.7 Å². The van der Waals surface area contributed by atoms with Crippen LogP contribution in [0.1, 0.15) is 15.9 Å². The van der Waals surface area contributed by atoms with Crippen LogP contribution in [0.2, 0.25) is 5.02 Å². The second kappa shape index (κ2) is 6.78. The Kier molecular flexibility index (Phi) is 5.04. The number of phenols is 1. The van der Waals surface area contributed by atoms with Gasteiger partial charge in [0.05, 0.1) is 7.11 Å². The summed E-state index contributed by atoms with van der Waals surface area (Å²) in [5.74, 6) is 0.204. The summed E-state index contributed by atoms with van der Waals surface area (Å²) < 4.78 is 5.72. The molecule has 0 amide bonds. The van der Waals surface area contributed by atoms with E-state index in [0.29, 0.717) is 26.4 Å². The van der Waals surface area contributed by atoms with Gasteiger partial charge in [0.25, 0.3) is 0 Å². The fourth-order valence-corrected chi connectivity index (χ4v) is 2.40. The molecule has 2 aromatic carbocycles. The quantitative estimate of drug-likeness (QED) is 0.628. The summed E-state index contributed by atoms with van der Waals surface area (Å²) in [6.07, 6.45) is 3.05. The highest BCUT2D eigenvalue weighted by Gasteiger charge is 2.07. The number of ether oxygens (including phenoxy) is 1. The minimum absolute atomic E-state index is 0.00977. The number of allylic oxidation sites excluding steroid dienone is 1. The summed E-state index contributed by atoms with van der Waals surface area (Å²) >= 11 is 9.22. The molecule has 0 aromatic heterocycles. The van der Waals surface area contributed by atoms with Crippen molar-refractivity contribution in [1.82, 2.24) is 0 Å². The molecule has 0 atom stereocenters. The van der Waals surface area contributed by atoms with Crippen LogP contribution in [-0.2, 0) is 0 Å². The maximum atomic E-state index is 12.0. The lowest BCUT2D eigenvalue weighted by Crippen LogP contribution is -1.93. The molecule has 1 N–H and O–H groups in total. The fraction of sp³-hybridized carbons (Fsp3) is 0.0625. The number of phenolic OH excluding ortho intramolecular Hbond substituents is 1. The van der Waals surface area contributed by atoms with E-state index in [1.807, 2.05) is 0 Å². The highest BCUT2D eigenvalue weighted by Crippen LogP contribution is 2.33. The number of rotatable bonds is 4. The molecular formula is C16H12BrClO3. The molecule has 0 aliphatic carbocycles. The van der Waals surface area contributed by atoms with Crippen LogP contribution in [0.4, 0.5) is 0 Å². The zero-order chi connectivity index (χ0) is 15.4. The summed E-state index contributed by atoms with van der Waals surface area (Å²) in [7, 11) is 1.47. The van der Waals surface area contributed by atoms with Gasteiger partial charge in [-0.15, -0.1) is 0 Å². The van der Waals surface area contributed by atoms with Gasteiger partial charge in [0, 0.05) is 15.1 Å². The van der Waals surface area contributed by atoms with Crippen molar-refractivity contribution in [2.45, 2.75) is 0 Å². The predicted octanol–water partition coefficient (Wildman–Crippen LogP) is 4.71. The number of carbonyl (C=O) groups is 1. The van der Waals surface area contributed by atoms with E-state index >= 15 is 0 Å². The third kappa shape index (κ3) is 3.86. The van der Waals surface area contributed by atoms with Crippen molar-refractivity contribution in [3.05, 3.63) is 63.1 Å². The number of carbonyl (C=O) groups excluding carboxylic acids is 1. The molecule has 108 valence electrons. The third-order valence-corrected chi connectivity index (χ3v) is 3.74. The van der Waals surface area contributed by atoms with E-state index in [9.17, 15) is 9.90 Å². The van der Waals surface area contributed by atoms with Crippen LogP contribution in [0, 0.1) is 0 Å². The number of methoxy groups -OCH3 is 1. The highest BCUT2D eigenvalue weighted by molar-refractivity contribution is 9.10. The van der Waals surface area contributed by atoms with E-state index in [2.05, 4.69) is 15.9 Å². The van der Waals surface area contributed by atoms with Crippen LogP contribution >= 0.6 is 27.5 Å². The van der Waals surface area contributed by atoms with Gasteiger partial charge in [-0.05, 0) is 42.0 Å². The summed E-state index contributed by atoms with van der Waals surface area (Å²) in [5.41, 5.74) is 1.18. The Morgan fingerprint density at radius 1 is 1.33 bits per heavy atom. The molecule has 0 radical (unpaired) electrons. The fourth-order valence-electron chi connectivity index (χ4n) is 1.75. The van der Waals surface area contributed by atoms with Gasteiger partial charge in [-0.2, -0.15) is 0 Å². The number of hydrogen-bond acceptors (Lipinski definition) is 3. The lowest BCUT2D eigenvalue weighted by Gasteiger charge is -2.06. The van der Waals surface area contributed by atoms with Gasteiger partial charge in [0.15, 0.2) is 17.3 Å². The molecule has 0 aliphatic heterocycles. The first kappa shape index (κ1) is 15.6. The van der Waals surface area contributed by atoms with E-state index in [4.69, 9.17) is 16.3 Å². The molecule has 0 saturated carbocycles. The van der Waals surface area contributed by atoms with Gasteiger partial charge >= 0.3 is 0 Å². The second-order valence-electron chi connectivity index (χ2n) is 4.25. The van der Waals surface area contributed by atoms with Crippen molar-refractivity contribution < 1.29 is 14.6 Å². The van der Waals surface area contributed by atoms with Crippen molar-refractivity contribution in [3.8, 4) is 11.5 Å². The van der Waals surface area contributed by atoms with Gasteiger partial charge in [0.1, 0.15) is 0 Å². The molecule has 2 aromatic rings. The van der Waals surface area contributed by atoms with Crippen LogP contribution in [0.25, 0.3) is 6.08 Å². The number of aromatic hydroxyl groups is 1. The topological polar surface area (TPSA) is 46.5 Å². The van der Waals surface area contributed by atoms with Crippen LogP contribution in [-0.4, -0.2) is 18.0 Å².